The minimum Gasteiger partial charge on any atom is -0.381 e. The second kappa shape index (κ2) is 6.58. The van der Waals surface area contributed by atoms with Crippen LogP contribution in [0, 0.1) is 0 Å². The van der Waals surface area contributed by atoms with Gasteiger partial charge in [-0.2, -0.15) is 0 Å². The van der Waals surface area contributed by atoms with E-state index in [9.17, 15) is 4.79 Å². The van der Waals surface area contributed by atoms with Gasteiger partial charge in [0, 0.05) is 40.3 Å². The zero-order valence-corrected chi connectivity index (χ0v) is 16.3. The van der Waals surface area contributed by atoms with Crippen LogP contribution in [0.25, 0.3) is 38.3 Å². The number of nitrogens with zero attached hydrogens (tertiary/aromatic N) is 2. The fraction of sp³-hybridized carbons (Fsp3) is 0.0952. The van der Waals surface area contributed by atoms with Crippen LogP contribution in [0.2, 0.25) is 5.02 Å². The number of carbonyl (C=O) groups excluding carboxylic acids is 1. The van der Waals surface area contributed by atoms with Crippen LogP contribution < -0.4 is 10.6 Å². The topological polar surface area (TPSA) is 66.9 Å². The van der Waals surface area contributed by atoms with Crippen molar-refractivity contribution in [2.45, 2.75) is 0 Å². The van der Waals surface area contributed by atoms with Crippen molar-refractivity contribution in [2.24, 2.45) is 0 Å². The lowest BCUT2D eigenvalue weighted by atomic mass is 10.1. The maximum atomic E-state index is 12.4. The molecule has 2 N–H and O–H groups in total. The number of fused-ring (bicyclic) bond motifs is 5. The van der Waals surface area contributed by atoms with Gasteiger partial charge in [0.2, 0.25) is 0 Å². The van der Waals surface area contributed by atoms with Gasteiger partial charge >= 0.3 is 0 Å². The lowest BCUT2D eigenvalue weighted by molar-refractivity contribution is 0.0962. The number of amides is 1. The van der Waals surface area contributed by atoms with Crippen LogP contribution in [0.1, 0.15) is 15.4 Å². The summed E-state index contributed by atoms with van der Waals surface area (Å²) in [6.07, 6.45) is 3.30. The van der Waals surface area contributed by atoms with E-state index in [0.29, 0.717) is 18.1 Å². The van der Waals surface area contributed by atoms with Gasteiger partial charge in [-0.25, -0.2) is 4.98 Å². The monoisotopic (exact) mass is 406 g/mol. The normalized spacial score (nSPS) is 13.7. The van der Waals surface area contributed by atoms with Crippen molar-refractivity contribution < 1.29 is 4.79 Å². The zero-order chi connectivity index (χ0) is 19.3. The number of rotatable bonds is 2. The van der Waals surface area contributed by atoms with E-state index in [2.05, 4.69) is 22.2 Å². The van der Waals surface area contributed by atoms with Gasteiger partial charge < -0.3 is 10.6 Å². The summed E-state index contributed by atoms with van der Waals surface area (Å²) >= 11 is 7.86. The minimum atomic E-state index is -0.0283. The third-order valence-corrected chi connectivity index (χ3v) is 6.26. The third kappa shape index (κ3) is 2.65. The van der Waals surface area contributed by atoms with Gasteiger partial charge in [0.15, 0.2) is 0 Å². The van der Waals surface area contributed by atoms with E-state index in [1.54, 1.807) is 12.3 Å². The number of anilines is 1. The Morgan fingerprint density at radius 1 is 1.18 bits per heavy atom. The molecule has 0 saturated carbocycles. The van der Waals surface area contributed by atoms with Crippen LogP contribution in [-0.2, 0) is 0 Å². The summed E-state index contributed by atoms with van der Waals surface area (Å²) in [5.74, 6) is -0.0283. The standard InChI is InChI=1S/C21H15ClN4OS/c1-2-11-9-13(14(22)10-25-11)16-4-3-12-15(26-16)5-6-17-18(12)19-20(28-17)21(27)24-8-7-23-19/h2-6,9-10,23H,1,7-8H2,(H,24,27). The summed E-state index contributed by atoms with van der Waals surface area (Å²) in [6.45, 7) is 5.07. The molecule has 5 rings (SSSR count). The first-order chi connectivity index (χ1) is 13.7. The number of carbonyl (C=O) groups is 1. The summed E-state index contributed by atoms with van der Waals surface area (Å²) in [5, 5.41) is 8.92. The predicted octanol–water partition coefficient (Wildman–Crippen LogP) is 4.96. The molecule has 3 aromatic heterocycles. The highest BCUT2D eigenvalue weighted by atomic mass is 35.5. The average Bonchev–Trinajstić information content (AvgIpc) is 3.00. The van der Waals surface area contributed by atoms with Crippen LogP contribution in [0.15, 0.2) is 43.1 Å². The number of thiophene rings is 1. The Hall–Kier alpha value is -2.96. The highest BCUT2D eigenvalue weighted by Gasteiger charge is 2.22. The number of halogens is 1. The first kappa shape index (κ1) is 17.2. The quantitative estimate of drug-likeness (QED) is 0.493. The Morgan fingerprint density at radius 2 is 2.04 bits per heavy atom. The maximum absolute atomic E-state index is 12.4. The van der Waals surface area contributed by atoms with Gasteiger partial charge in [-0.3, -0.25) is 9.78 Å². The van der Waals surface area contributed by atoms with Crippen molar-refractivity contribution >= 4 is 61.6 Å². The predicted molar refractivity (Wildman–Crippen MR) is 116 cm³/mol. The molecule has 0 radical (unpaired) electrons. The lowest BCUT2D eigenvalue weighted by Gasteiger charge is -2.08. The molecule has 0 bridgehead atoms. The second-order valence-corrected chi connectivity index (χ2v) is 7.94. The largest absolute Gasteiger partial charge is 0.381 e. The van der Waals surface area contributed by atoms with Crippen LogP contribution in [0.3, 0.4) is 0 Å². The number of hydrogen-bond donors (Lipinski definition) is 2. The summed E-state index contributed by atoms with van der Waals surface area (Å²) in [4.78, 5) is 22.1. The molecule has 1 aliphatic heterocycles. The fourth-order valence-corrected chi connectivity index (χ4v) is 4.80. The Morgan fingerprint density at radius 3 is 2.89 bits per heavy atom. The minimum absolute atomic E-state index is 0.0283. The van der Waals surface area contributed by atoms with Crippen LogP contribution in [0.4, 0.5) is 5.69 Å². The molecular weight excluding hydrogens is 392 g/mol. The molecule has 0 fully saturated rings. The van der Waals surface area contributed by atoms with E-state index in [0.717, 1.165) is 48.5 Å². The molecule has 0 saturated heterocycles. The lowest BCUT2D eigenvalue weighted by Crippen LogP contribution is -2.24. The molecule has 138 valence electrons. The molecule has 4 aromatic rings. The Kier molecular flexibility index (Phi) is 4.03. The summed E-state index contributed by atoms with van der Waals surface area (Å²) in [6, 6.07) is 9.88. The molecule has 4 heterocycles. The van der Waals surface area contributed by atoms with Gasteiger partial charge in [0.05, 0.1) is 27.6 Å². The van der Waals surface area contributed by atoms with E-state index in [1.165, 1.54) is 11.3 Å². The van der Waals surface area contributed by atoms with Crippen molar-refractivity contribution in [1.82, 2.24) is 15.3 Å². The van der Waals surface area contributed by atoms with Crippen molar-refractivity contribution in [2.75, 3.05) is 18.4 Å². The highest BCUT2D eigenvalue weighted by molar-refractivity contribution is 7.21. The summed E-state index contributed by atoms with van der Waals surface area (Å²) in [5.41, 5.74) is 4.08. The second-order valence-electron chi connectivity index (χ2n) is 6.48. The fourth-order valence-electron chi connectivity index (χ4n) is 3.49. The van der Waals surface area contributed by atoms with Gasteiger partial charge in [0.25, 0.3) is 5.91 Å². The molecule has 5 nitrogen and oxygen atoms in total. The van der Waals surface area contributed by atoms with E-state index in [-0.39, 0.29) is 5.91 Å². The average molecular weight is 407 g/mol. The van der Waals surface area contributed by atoms with Crippen LogP contribution in [-0.4, -0.2) is 29.0 Å². The number of benzene rings is 1. The van der Waals surface area contributed by atoms with Crippen LogP contribution in [0.5, 0.6) is 0 Å². The molecule has 28 heavy (non-hydrogen) atoms. The Bertz CT molecular complexity index is 1280. The number of aromatic nitrogens is 2. The molecule has 1 aliphatic rings. The number of hydrogen-bond acceptors (Lipinski definition) is 5. The molecule has 0 unspecified atom stereocenters. The van der Waals surface area contributed by atoms with E-state index >= 15 is 0 Å². The summed E-state index contributed by atoms with van der Waals surface area (Å²) in [7, 11) is 0. The van der Waals surface area contributed by atoms with Crippen LogP contribution >= 0.6 is 22.9 Å². The SMILES string of the molecule is C=Cc1cc(-c2ccc3c(ccc4sc5c(c43)NCCNC5=O)n2)c(Cl)cn1. The molecule has 0 aliphatic carbocycles. The van der Waals surface area contributed by atoms with Crippen molar-refractivity contribution in [1.29, 1.82) is 0 Å². The molecular formula is C21H15ClN4OS. The van der Waals surface area contributed by atoms with Gasteiger partial charge in [-0.05, 0) is 36.4 Å². The molecule has 1 aromatic carbocycles. The first-order valence-electron chi connectivity index (χ1n) is 8.82. The summed E-state index contributed by atoms with van der Waals surface area (Å²) < 4.78 is 1.06. The zero-order valence-electron chi connectivity index (χ0n) is 14.8. The first-order valence-corrected chi connectivity index (χ1v) is 10.0. The molecule has 7 heteroatoms. The van der Waals surface area contributed by atoms with Gasteiger partial charge in [0.1, 0.15) is 4.88 Å². The van der Waals surface area contributed by atoms with E-state index < -0.39 is 0 Å². The molecule has 0 atom stereocenters. The third-order valence-electron chi connectivity index (χ3n) is 4.80. The van der Waals surface area contributed by atoms with Crippen molar-refractivity contribution in [3.05, 3.63) is 58.7 Å². The smallest absolute Gasteiger partial charge is 0.263 e. The van der Waals surface area contributed by atoms with Gasteiger partial charge in [-0.1, -0.05) is 18.2 Å². The van der Waals surface area contributed by atoms with Gasteiger partial charge in [-0.15, -0.1) is 11.3 Å². The van der Waals surface area contributed by atoms with E-state index in [1.807, 2.05) is 30.3 Å². The number of pyridine rings is 2. The van der Waals surface area contributed by atoms with Crippen molar-refractivity contribution in [3.63, 3.8) is 0 Å². The van der Waals surface area contributed by atoms with Crippen molar-refractivity contribution in [3.8, 4) is 11.3 Å². The number of nitrogens with one attached hydrogen (secondary N) is 2. The molecule has 1 amide bonds. The Labute approximate surface area is 170 Å². The van der Waals surface area contributed by atoms with E-state index in [4.69, 9.17) is 16.6 Å². The Balaban J connectivity index is 1.74. The highest BCUT2D eigenvalue weighted by Crippen LogP contribution is 2.41. The molecule has 0 spiro atoms. The maximum Gasteiger partial charge on any atom is 0.263 e.